The fourth-order valence-electron chi connectivity index (χ4n) is 0.956. The first kappa shape index (κ1) is 13.7. The zero-order valence-corrected chi connectivity index (χ0v) is 9.20. The average Bonchev–Trinajstić information content (AvgIpc) is 2.25. The van der Waals surface area contributed by atoms with Gasteiger partial charge in [0, 0.05) is 18.8 Å². The van der Waals surface area contributed by atoms with E-state index in [0.29, 0.717) is 6.41 Å². The highest BCUT2D eigenvalue weighted by molar-refractivity contribution is 5.51. The summed E-state index contributed by atoms with van der Waals surface area (Å²) in [7, 11) is 0. The number of amides is 1. The van der Waals surface area contributed by atoms with Gasteiger partial charge in [-0.3, -0.25) is 4.79 Å². The molecule has 4 nitrogen and oxygen atoms in total. The smallest absolute Gasteiger partial charge is 0.211 e. The molecule has 0 aromatic heterocycles. The van der Waals surface area contributed by atoms with Crippen LogP contribution in [0.1, 0.15) is 26.2 Å². The molecule has 0 unspecified atom stereocenters. The molecule has 0 radical (unpaired) electrons. The van der Waals surface area contributed by atoms with Crippen molar-refractivity contribution in [2.75, 3.05) is 13.2 Å². The Hall–Kier alpha value is -1.29. The van der Waals surface area contributed by atoms with E-state index in [4.69, 9.17) is 5.11 Å². The molecule has 0 aromatic rings. The van der Waals surface area contributed by atoms with Gasteiger partial charge in [0.15, 0.2) is 0 Å². The number of aliphatic hydroxyl groups is 1. The van der Waals surface area contributed by atoms with Crippen LogP contribution in [0.4, 0.5) is 0 Å². The quantitative estimate of drug-likeness (QED) is 0.302. The Kier molecular flexibility index (Phi) is 9.86. The van der Waals surface area contributed by atoms with Crippen molar-refractivity contribution in [3.8, 4) is 0 Å². The van der Waals surface area contributed by atoms with Crippen LogP contribution in [-0.2, 0) is 4.79 Å². The van der Waals surface area contributed by atoms with Crippen molar-refractivity contribution in [1.29, 1.82) is 0 Å². The van der Waals surface area contributed by atoms with Crippen molar-refractivity contribution in [1.82, 2.24) is 10.6 Å². The third kappa shape index (κ3) is 9.02. The molecule has 15 heavy (non-hydrogen) atoms. The van der Waals surface area contributed by atoms with E-state index >= 15 is 0 Å². The minimum Gasteiger partial charge on any atom is -0.396 e. The van der Waals surface area contributed by atoms with Crippen LogP contribution in [0, 0.1) is 0 Å². The van der Waals surface area contributed by atoms with Gasteiger partial charge < -0.3 is 15.7 Å². The van der Waals surface area contributed by atoms with Gasteiger partial charge in [0.2, 0.25) is 6.41 Å². The Morgan fingerprint density at radius 2 is 2.27 bits per heavy atom. The summed E-state index contributed by atoms with van der Waals surface area (Å²) < 4.78 is 0. The Morgan fingerprint density at radius 1 is 1.47 bits per heavy atom. The molecule has 3 N–H and O–H groups in total. The first-order valence-electron chi connectivity index (χ1n) is 5.26. The molecular weight excluding hydrogens is 192 g/mol. The number of hydrogen-bond acceptors (Lipinski definition) is 3. The maximum absolute atomic E-state index is 10.3. The van der Waals surface area contributed by atoms with Crippen molar-refractivity contribution in [2.24, 2.45) is 0 Å². The number of carbonyl (C=O) groups is 1. The van der Waals surface area contributed by atoms with E-state index in [-0.39, 0.29) is 6.61 Å². The van der Waals surface area contributed by atoms with Gasteiger partial charge in [-0.2, -0.15) is 0 Å². The van der Waals surface area contributed by atoms with E-state index in [1.165, 1.54) is 0 Å². The van der Waals surface area contributed by atoms with Crippen LogP contribution >= 0.6 is 0 Å². The molecule has 0 aliphatic rings. The van der Waals surface area contributed by atoms with Crippen LogP contribution in [0.15, 0.2) is 24.0 Å². The van der Waals surface area contributed by atoms with Crippen LogP contribution in [0.25, 0.3) is 0 Å². The molecule has 0 rings (SSSR count). The summed E-state index contributed by atoms with van der Waals surface area (Å²) >= 11 is 0. The third-order valence-electron chi connectivity index (χ3n) is 1.74. The van der Waals surface area contributed by atoms with E-state index in [0.717, 1.165) is 31.5 Å². The van der Waals surface area contributed by atoms with Gasteiger partial charge in [-0.05, 0) is 25.1 Å². The topological polar surface area (TPSA) is 61.4 Å². The van der Waals surface area contributed by atoms with Gasteiger partial charge in [-0.25, -0.2) is 0 Å². The van der Waals surface area contributed by atoms with Crippen LogP contribution < -0.4 is 10.6 Å². The van der Waals surface area contributed by atoms with E-state index in [1.807, 2.05) is 6.08 Å². The highest BCUT2D eigenvalue weighted by Crippen LogP contribution is 1.96. The molecule has 0 saturated carbocycles. The predicted octanol–water partition coefficient (Wildman–Crippen LogP) is 0.902. The lowest BCUT2D eigenvalue weighted by atomic mass is 10.2. The summed E-state index contributed by atoms with van der Waals surface area (Å²) in [6.45, 7) is 3.00. The summed E-state index contributed by atoms with van der Waals surface area (Å²) in [5.41, 5.74) is 0.795. The van der Waals surface area contributed by atoms with Gasteiger partial charge in [-0.1, -0.05) is 19.4 Å². The highest BCUT2D eigenvalue weighted by atomic mass is 16.3. The molecule has 1 amide bonds. The van der Waals surface area contributed by atoms with Gasteiger partial charge in [0.1, 0.15) is 0 Å². The fourth-order valence-corrected chi connectivity index (χ4v) is 0.956. The lowest BCUT2D eigenvalue weighted by Gasteiger charge is -2.00. The first-order chi connectivity index (χ1) is 7.35. The minimum atomic E-state index is 0.186. The zero-order valence-electron chi connectivity index (χ0n) is 9.20. The third-order valence-corrected chi connectivity index (χ3v) is 1.74. The largest absolute Gasteiger partial charge is 0.396 e. The first-order valence-corrected chi connectivity index (χ1v) is 5.26. The second kappa shape index (κ2) is 10.8. The van der Waals surface area contributed by atoms with E-state index < -0.39 is 0 Å². The minimum absolute atomic E-state index is 0.186. The number of allylic oxidation sites excluding steroid dienone is 2. The molecule has 0 aliphatic heterocycles. The van der Waals surface area contributed by atoms with Crippen LogP contribution in [0.3, 0.4) is 0 Å². The summed E-state index contributed by atoms with van der Waals surface area (Å²) in [4.78, 5) is 10.3. The molecular formula is C11H20N2O2. The fraction of sp³-hybridized carbons (Fsp3) is 0.545. The number of rotatable bonds is 9. The Labute approximate surface area is 91.1 Å². The molecule has 0 aliphatic carbocycles. The number of carbonyl (C=O) groups excluding carboxylic acids is 1. The van der Waals surface area contributed by atoms with E-state index in [1.54, 1.807) is 12.3 Å². The predicted molar refractivity (Wildman–Crippen MR) is 61.0 cm³/mol. The summed E-state index contributed by atoms with van der Waals surface area (Å²) in [6, 6.07) is 0. The van der Waals surface area contributed by atoms with E-state index in [9.17, 15) is 4.79 Å². The normalized spacial score (nSPS) is 11.7. The molecule has 0 aromatic carbocycles. The van der Waals surface area contributed by atoms with Crippen molar-refractivity contribution in [3.63, 3.8) is 0 Å². The molecule has 0 bridgehead atoms. The Balaban J connectivity index is 3.87. The van der Waals surface area contributed by atoms with Crippen LogP contribution in [0.2, 0.25) is 0 Å². The highest BCUT2D eigenvalue weighted by Gasteiger charge is 1.88. The van der Waals surface area contributed by atoms with Crippen molar-refractivity contribution < 1.29 is 9.90 Å². The monoisotopic (exact) mass is 212 g/mol. The average molecular weight is 212 g/mol. The standard InChI is InChI=1S/C11H20N2O2/c1-2-3-5-11(13-10-15)6-8-12-7-4-9-14/h5-6,8,10,12,14H,2-4,7,9H2,1H3,(H,13,15)/b8-6-,11-5-. The SMILES string of the molecule is CCC/C=C(/C=C\NCCCO)NC=O. The van der Waals surface area contributed by atoms with Crippen LogP contribution in [0.5, 0.6) is 0 Å². The molecule has 0 fully saturated rings. The lowest BCUT2D eigenvalue weighted by molar-refractivity contribution is -0.108. The van der Waals surface area contributed by atoms with E-state index in [2.05, 4.69) is 17.6 Å². The zero-order chi connectivity index (χ0) is 11.4. The lowest BCUT2D eigenvalue weighted by Crippen LogP contribution is -2.11. The maximum Gasteiger partial charge on any atom is 0.211 e. The maximum atomic E-state index is 10.3. The molecule has 86 valence electrons. The number of nitrogens with one attached hydrogen (secondary N) is 2. The van der Waals surface area contributed by atoms with Gasteiger partial charge in [0.25, 0.3) is 0 Å². The number of unbranched alkanes of at least 4 members (excludes halogenated alkanes) is 1. The van der Waals surface area contributed by atoms with Crippen LogP contribution in [-0.4, -0.2) is 24.7 Å². The Bertz CT molecular complexity index is 213. The summed E-state index contributed by atoms with van der Waals surface area (Å²) in [5.74, 6) is 0. The second-order valence-electron chi connectivity index (χ2n) is 3.07. The van der Waals surface area contributed by atoms with Gasteiger partial charge in [0.05, 0.1) is 0 Å². The number of hydrogen-bond donors (Lipinski definition) is 3. The molecule has 0 spiro atoms. The van der Waals surface area contributed by atoms with Crippen molar-refractivity contribution in [3.05, 3.63) is 24.0 Å². The summed E-state index contributed by atoms with van der Waals surface area (Å²) in [6.07, 6.45) is 8.93. The van der Waals surface area contributed by atoms with Crippen molar-refractivity contribution in [2.45, 2.75) is 26.2 Å². The van der Waals surface area contributed by atoms with Crippen molar-refractivity contribution >= 4 is 6.41 Å². The molecule has 0 saturated heterocycles. The Morgan fingerprint density at radius 3 is 2.87 bits per heavy atom. The molecule has 0 heterocycles. The molecule has 4 heteroatoms. The number of aliphatic hydroxyl groups excluding tert-OH is 1. The van der Waals surface area contributed by atoms with Gasteiger partial charge >= 0.3 is 0 Å². The summed E-state index contributed by atoms with van der Waals surface area (Å²) in [5, 5.41) is 14.2. The second-order valence-corrected chi connectivity index (χ2v) is 3.07. The van der Waals surface area contributed by atoms with Gasteiger partial charge in [-0.15, -0.1) is 0 Å². The molecule has 0 atom stereocenters.